The highest BCUT2D eigenvalue weighted by Crippen LogP contribution is 2.34. The van der Waals surface area contributed by atoms with Gasteiger partial charge in [-0.15, -0.1) is 21.5 Å². The van der Waals surface area contributed by atoms with E-state index in [1.54, 1.807) is 11.3 Å². The number of ether oxygens (including phenoxy) is 2. The normalized spacial score (nSPS) is 12.3. The van der Waals surface area contributed by atoms with Crippen LogP contribution in [0, 0.1) is 0 Å². The Labute approximate surface area is 194 Å². The van der Waals surface area contributed by atoms with E-state index in [2.05, 4.69) is 21.7 Å². The first-order chi connectivity index (χ1) is 15.7. The van der Waals surface area contributed by atoms with Crippen LogP contribution in [0.15, 0.2) is 65.8 Å². The Morgan fingerprint density at radius 2 is 1.91 bits per heavy atom. The number of hydrogen-bond donors (Lipinski definition) is 0. The van der Waals surface area contributed by atoms with Gasteiger partial charge in [0.05, 0.1) is 17.2 Å². The van der Waals surface area contributed by atoms with Crippen molar-refractivity contribution in [3.05, 3.63) is 76.0 Å². The van der Waals surface area contributed by atoms with Crippen molar-refractivity contribution in [2.45, 2.75) is 25.0 Å². The minimum absolute atomic E-state index is 0.110. The summed E-state index contributed by atoms with van der Waals surface area (Å²) >= 11 is 2.98. The summed E-state index contributed by atoms with van der Waals surface area (Å²) in [4.78, 5) is 14.7. The predicted octanol–water partition coefficient (Wildman–Crippen LogP) is 5.32. The van der Waals surface area contributed by atoms with Gasteiger partial charge in [0, 0.05) is 10.4 Å². The molecule has 0 fully saturated rings. The van der Waals surface area contributed by atoms with E-state index in [9.17, 15) is 4.79 Å². The molecule has 0 spiro atoms. The van der Waals surface area contributed by atoms with Crippen LogP contribution < -0.4 is 9.47 Å². The van der Waals surface area contributed by atoms with Crippen molar-refractivity contribution in [2.24, 2.45) is 0 Å². The zero-order valence-corrected chi connectivity index (χ0v) is 19.1. The van der Waals surface area contributed by atoms with Crippen LogP contribution in [0.3, 0.4) is 0 Å². The Kier molecular flexibility index (Phi) is 5.96. The third-order valence-electron chi connectivity index (χ3n) is 5.14. The van der Waals surface area contributed by atoms with Crippen LogP contribution in [0.4, 0.5) is 0 Å². The Bertz CT molecular complexity index is 1250. The van der Waals surface area contributed by atoms with E-state index in [-0.39, 0.29) is 12.6 Å². The van der Waals surface area contributed by atoms with Gasteiger partial charge in [0.15, 0.2) is 28.3 Å². The van der Waals surface area contributed by atoms with Crippen molar-refractivity contribution in [3.8, 4) is 22.9 Å². The Morgan fingerprint density at radius 3 is 2.72 bits per heavy atom. The lowest BCUT2D eigenvalue weighted by Gasteiger charge is -2.11. The number of carbonyl (C=O) groups is 1. The summed E-state index contributed by atoms with van der Waals surface area (Å²) in [5.74, 6) is 2.69. The molecule has 5 rings (SSSR count). The van der Waals surface area contributed by atoms with Gasteiger partial charge < -0.3 is 9.47 Å². The lowest BCUT2D eigenvalue weighted by molar-refractivity contribution is 0.102. The second kappa shape index (κ2) is 9.18. The molecule has 0 amide bonds. The third-order valence-corrected chi connectivity index (χ3v) is 7.38. The van der Waals surface area contributed by atoms with Crippen LogP contribution in [0.25, 0.3) is 11.4 Å². The molecule has 0 bridgehead atoms. The standard InChI is InChI=1S/C24H21N3O3S2/c1-2-18-9-11-22(32-18)19(28)14-31-24-26-25-23(17-6-4-3-5-7-17)27(24)13-16-8-10-20-21(12-16)30-15-29-20/h3-12H,2,13-15H2,1H3. The largest absolute Gasteiger partial charge is 0.454 e. The Morgan fingerprint density at radius 1 is 1.06 bits per heavy atom. The molecule has 4 aromatic rings. The van der Waals surface area contributed by atoms with E-state index >= 15 is 0 Å². The molecule has 0 unspecified atom stereocenters. The van der Waals surface area contributed by atoms with Gasteiger partial charge in [-0.3, -0.25) is 9.36 Å². The number of Topliss-reactive ketones (excluding diaryl/α,β-unsaturated/α-hetero) is 1. The number of thiophene rings is 1. The fourth-order valence-electron chi connectivity index (χ4n) is 3.48. The quantitative estimate of drug-likeness (QED) is 0.260. The van der Waals surface area contributed by atoms with Crippen molar-refractivity contribution in [3.63, 3.8) is 0 Å². The van der Waals surface area contributed by atoms with Gasteiger partial charge in [-0.1, -0.05) is 55.1 Å². The molecule has 0 N–H and O–H groups in total. The maximum absolute atomic E-state index is 12.7. The lowest BCUT2D eigenvalue weighted by atomic mass is 10.2. The highest BCUT2D eigenvalue weighted by Gasteiger charge is 2.19. The molecular formula is C24H21N3O3S2. The van der Waals surface area contributed by atoms with Gasteiger partial charge in [-0.25, -0.2) is 0 Å². The summed E-state index contributed by atoms with van der Waals surface area (Å²) in [5.41, 5.74) is 2.02. The van der Waals surface area contributed by atoms with E-state index in [0.717, 1.165) is 39.7 Å². The number of rotatable bonds is 8. The van der Waals surface area contributed by atoms with E-state index < -0.39 is 0 Å². The average molecular weight is 464 g/mol. The molecule has 0 aliphatic carbocycles. The maximum Gasteiger partial charge on any atom is 0.231 e. The zero-order valence-electron chi connectivity index (χ0n) is 17.5. The number of ketones is 1. The number of aryl methyl sites for hydroxylation is 1. The molecule has 1 aliphatic rings. The van der Waals surface area contributed by atoms with Gasteiger partial charge in [0.2, 0.25) is 6.79 Å². The summed E-state index contributed by atoms with van der Waals surface area (Å²) in [7, 11) is 0. The lowest BCUT2D eigenvalue weighted by Crippen LogP contribution is -2.06. The molecule has 0 saturated heterocycles. The number of benzene rings is 2. The molecule has 0 saturated carbocycles. The van der Waals surface area contributed by atoms with Gasteiger partial charge in [-0.05, 0) is 36.2 Å². The monoisotopic (exact) mass is 463 g/mol. The molecule has 2 aromatic carbocycles. The van der Waals surface area contributed by atoms with E-state index in [0.29, 0.717) is 17.5 Å². The number of carbonyl (C=O) groups excluding carboxylic acids is 1. The number of hydrogen-bond acceptors (Lipinski definition) is 7. The number of fused-ring (bicyclic) bond motifs is 1. The molecule has 162 valence electrons. The van der Waals surface area contributed by atoms with Crippen LogP contribution in [-0.2, 0) is 13.0 Å². The molecule has 0 atom stereocenters. The predicted molar refractivity (Wildman–Crippen MR) is 126 cm³/mol. The van der Waals surface area contributed by atoms with Crippen LogP contribution in [-0.4, -0.2) is 33.1 Å². The molecule has 1 aliphatic heterocycles. The van der Waals surface area contributed by atoms with Gasteiger partial charge >= 0.3 is 0 Å². The first-order valence-corrected chi connectivity index (χ1v) is 12.1. The van der Waals surface area contributed by atoms with Crippen molar-refractivity contribution >= 4 is 28.9 Å². The zero-order chi connectivity index (χ0) is 21.9. The van der Waals surface area contributed by atoms with Gasteiger partial charge in [0.25, 0.3) is 0 Å². The minimum Gasteiger partial charge on any atom is -0.454 e. The van der Waals surface area contributed by atoms with Crippen molar-refractivity contribution in [2.75, 3.05) is 12.5 Å². The highest BCUT2D eigenvalue weighted by molar-refractivity contribution is 7.99. The molecule has 2 aromatic heterocycles. The summed E-state index contributed by atoms with van der Waals surface area (Å²) < 4.78 is 13.0. The van der Waals surface area contributed by atoms with Crippen LogP contribution >= 0.6 is 23.1 Å². The fraction of sp³-hybridized carbons (Fsp3) is 0.208. The molecule has 3 heterocycles. The molecular weight excluding hydrogens is 442 g/mol. The van der Waals surface area contributed by atoms with Crippen molar-refractivity contribution in [1.29, 1.82) is 0 Å². The Hall–Kier alpha value is -3.10. The van der Waals surface area contributed by atoms with Gasteiger partial charge in [0.1, 0.15) is 0 Å². The smallest absolute Gasteiger partial charge is 0.231 e. The Balaban J connectivity index is 1.42. The molecule has 6 nitrogen and oxygen atoms in total. The number of thioether (sulfide) groups is 1. The molecule has 0 radical (unpaired) electrons. The third kappa shape index (κ3) is 4.28. The van der Waals surface area contributed by atoms with Crippen LogP contribution in [0.2, 0.25) is 0 Å². The highest BCUT2D eigenvalue weighted by atomic mass is 32.2. The fourth-order valence-corrected chi connectivity index (χ4v) is 5.28. The van der Waals surface area contributed by atoms with Crippen molar-refractivity contribution < 1.29 is 14.3 Å². The number of aromatic nitrogens is 3. The summed E-state index contributed by atoms with van der Waals surface area (Å²) in [6, 6.07) is 19.8. The van der Waals surface area contributed by atoms with E-state index in [4.69, 9.17) is 9.47 Å². The van der Waals surface area contributed by atoms with Crippen LogP contribution in [0.5, 0.6) is 11.5 Å². The molecule has 8 heteroatoms. The topological polar surface area (TPSA) is 66.2 Å². The van der Waals surface area contributed by atoms with Crippen molar-refractivity contribution in [1.82, 2.24) is 14.8 Å². The van der Waals surface area contributed by atoms with Crippen LogP contribution in [0.1, 0.15) is 27.0 Å². The first-order valence-electron chi connectivity index (χ1n) is 10.3. The van der Waals surface area contributed by atoms with E-state index in [1.807, 2.05) is 60.7 Å². The average Bonchev–Trinajstić information content (AvgIpc) is 3.57. The summed E-state index contributed by atoms with van der Waals surface area (Å²) in [5, 5.41) is 9.58. The summed E-state index contributed by atoms with van der Waals surface area (Å²) in [6.45, 7) is 2.90. The maximum atomic E-state index is 12.7. The second-order valence-electron chi connectivity index (χ2n) is 7.28. The SMILES string of the molecule is CCc1ccc(C(=O)CSc2nnc(-c3ccccc3)n2Cc2ccc3c(c2)OCO3)s1. The summed E-state index contributed by atoms with van der Waals surface area (Å²) in [6.07, 6.45) is 0.940. The second-order valence-corrected chi connectivity index (χ2v) is 9.39. The number of nitrogens with zero attached hydrogens (tertiary/aromatic N) is 3. The first kappa shape index (κ1) is 20.8. The molecule has 32 heavy (non-hydrogen) atoms. The van der Waals surface area contributed by atoms with E-state index in [1.165, 1.54) is 16.6 Å². The minimum atomic E-state index is 0.110. The van der Waals surface area contributed by atoms with Gasteiger partial charge in [-0.2, -0.15) is 0 Å².